The van der Waals surface area contributed by atoms with Gasteiger partial charge in [0.2, 0.25) is 5.60 Å². The van der Waals surface area contributed by atoms with Gasteiger partial charge in [-0.15, -0.1) is 0 Å². The van der Waals surface area contributed by atoms with Gasteiger partial charge in [0.05, 0.1) is 4.92 Å². The van der Waals surface area contributed by atoms with Gasteiger partial charge in [-0.3, -0.25) is 14.9 Å². The third kappa shape index (κ3) is 4.48. The molecular weight excluding hydrogens is 419 g/mol. The molecule has 1 aromatic carbocycles. The predicted octanol–water partition coefficient (Wildman–Crippen LogP) is 2.82. The zero-order valence-electron chi connectivity index (χ0n) is 16.7. The maximum absolute atomic E-state index is 13.6. The van der Waals surface area contributed by atoms with E-state index in [1.165, 1.54) is 30.3 Å². The van der Waals surface area contributed by atoms with Crippen LogP contribution in [-0.2, 0) is 12.6 Å². The minimum atomic E-state index is -4.97. The van der Waals surface area contributed by atoms with E-state index in [9.17, 15) is 33.2 Å². The quantitative estimate of drug-likeness (QED) is 0.505. The summed E-state index contributed by atoms with van der Waals surface area (Å²) >= 11 is 0. The maximum Gasteiger partial charge on any atom is 0.424 e. The summed E-state index contributed by atoms with van der Waals surface area (Å²) in [5, 5.41) is 24.4. The monoisotopic (exact) mass is 441 g/mol. The number of hydrogen-bond acceptors (Lipinski definition) is 6. The Morgan fingerprint density at radius 3 is 2.55 bits per heavy atom. The fourth-order valence-electron chi connectivity index (χ4n) is 3.60. The average molecular weight is 441 g/mol. The molecular formula is C19H22F3N5O4. The topological polar surface area (TPSA) is 114 Å². The molecule has 2 aromatic rings. The van der Waals surface area contributed by atoms with Crippen molar-refractivity contribution in [2.75, 3.05) is 25.0 Å². The molecule has 2 heterocycles. The van der Waals surface area contributed by atoms with Crippen molar-refractivity contribution in [1.29, 1.82) is 0 Å². The Morgan fingerprint density at radius 1 is 1.32 bits per heavy atom. The number of imidazole rings is 1. The number of alkyl halides is 3. The minimum Gasteiger partial charge on any atom is -0.385 e. The van der Waals surface area contributed by atoms with Crippen molar-refractivity contribution < 1.29 is 28.0 Å². The molecule has 3 rings (SSSR count). The van der Waals surface area contributed by atoms with Crippen LogP contribution in [0.1, 0.15) is 35.4 Å². The number of aryl methyl sites for hydroxylation is 1. The van der Waals surface area contributed by atoms with Gasteiger partial charge in [-0.25, -0.2) is 4.98 Å². The first kappa shape index (κ1) is 22.5. The standard InChI is InChI=1S/C19H22F3N5O4/c1-25-11-8-24-17(25)18(29,19(20,21)22)6-7-23-13-4-5-15(27(30)31)14(12-13)16(28)26-9-2-3-10-26/h4-5,8,11-12,23,29H,2-3,6-7,9-10H2,1H3. The van der Waals surface area contributed by atoms with Crippen molar-refractivity contribution in [2.24, 2.45) is 7.05 Å². The van der Waals surface area contributed by atoms with Gasteiger partial charge in [0.15, 0.2) is 0 Å². The van der Waals surface area contributed by atoms with E-state index in [4.69, 9.17) is 0 Å². The molecule has 168 valence electrons. The lowest BCUT2D eigenvalue weighted by Crippen LogP contribution is -2.45. The molecule has 1 unspecified atom stereocenters. The van der Waals surface area contributed by atoms with Gasteiger partial charge in [0.1, 0.15) is 11.4 Å². The molecule has 12 heteroatoms. The molecule has 31 heavy (non-hydrogen) atoms. The Hall–Kier alpha value is -3.15. The van der Waals surface area contributed by atoms with Crippen molar-refractivity contribution in [1.82, 2.24) is 14.5 Å². The minimum absolute atomic E-state index is 0.132. The molecule has 0 aliphatic carbocycles. The van der Waals surface area contributed by atoms with E-state index in [0.717, 1.165) is 29.7 Å². The lowest BCUT2D eigenvalue weighted by molar-refractivity contribution is -0.385. The van der Waals surface area contributed by atoms with Crippen LogP contribution < -0.4 is 5.32 Å². The second-order valence-corrected chi connectivity index (χ2v) is 7.38. The highest BCUT2D eigenvalue weighted by Gasteiger charge is 2.57. The van der Waals surface area contributed by atoms with Crippen LogP contribution in [-0.4, -0.2) is 56.2 Å². The average Bonchev–Trinajstić information content (AvgIpc) is 3.38. The van der Waals surface area contributed by atoms with Crippen LogP contribution in [0.3, 0.4) is 0 Å². The smallest absolute Gasteiger partial charge is 0.385 e. The molecule has 0 bridgehead atoms. The molecule has 0 radical (unpaired) electrons. The molecule has 2 N–H and O–H groups in total. The number of carbonyl (C=O) groups is 1. The van der Waals surface area contributed by atoms with Crippen molar-refractivity contribution in [2.45, 2.75) is 31.0 Å². The van der Waals surface area contributed by atoms with Gasteiger partial charge in [0, 0.05) is 57.3 Å². The van der Waals surface area contributed by atoms with E-state index in [1.807, 2.05) is 0 Å². The van der Waals surface area contributed by atoms with Crippen LogP contribution >= 0.6 is 0 Å². The molecule has 1 aromatic heterocycles. The molecule has 1 atom stereocenters. The van der Waals surface area contributed by atoms with Crippen LogP contribution in [0.15, 0.2) is 30.6 Å². The highest BCUT2D eigenvalue weighted by atomic mass is 19.4. The number of nitrogens with zero attached hydrogens (tertiary/aromatic N) is 4. The van der Waals surface area contributed by atoms with Gasteiger partial charge in [-0.1, -0.05) is 0 Å². The number of carbonyl (C=O) groups excluding carboxylic acids is 1. The maximum atomic E-state index is 13.6. The number of nitrogens with one attached hydrogen (secondary N) is 1. The van der Waals surface area contributed by atoms with E-state index in [1.54, 1.807) is 0 Å². The highest BCUT2D eigenvalue weighted by molar-refractivity contribution is 5.99. The van der Waals surface area contributed by atoms with E-state index in [0.29, 0.717) is 13.1 Å². The first-order valence-corrected chi connectivity index (χ1v) is 9.63. The fourth-order valence-corrected chi connectivity index (χ4v) is 3.60. The first-order chi connectivity index (χ1) is 14.5. The molecule has 9 nitrogen and oxygen atoms in total. The van der Waals surface area contributed by atoms with Crippen LogP contribution in [0.2, 0.25) is 0 Å². The van der Waals surface area contributed by atoms with E-state index in [2.05, 4.69) is 10.3 Å². The summed E-state index contributed by atoms with van der Waals surface area (Å²) in [6.07, 6.45) is -1.66. The first-order valence-electron chi connectivity index (χ1n) is 9.63. The van der Waals surface area contributed by atoms with E-state index >= 15 is 0 Å². The fraction of sp³-hybridized carbons (Fsp3) is 0.474. The van der Waals surface area contributed by atoms with Gasteiger partial charge in [-0.2, -0.15) is 13.2 Å². The molecule has 1 fully saturated rings. The summed E-state index contributed by atoms with van der Waals surface area (Å²) in [5.41, 5.74) is -3.46. The third-order valence-corrected chi connectivity index (χ3v) is 5.29. The molecule has 1 amide bonds. The van der Waals surface area contributed by atoms with Crippen molar-refractivity contribution >= 4 is 17.3 Å². The number of halogens is 3. The lowest BCUT2D eigenvalue weighted by Gasteiger charge is -2.30. The number of nitro groups is 1. The van der Waals surface area contributed by atoms with Gasteiger partial charge < -0.3 is 19.9 Å². The summed E-state index contributed by atoms with van der Waals surface area (Å²) in [6, 6.07) is 3.71. The number of aliphatic hydroxyl groups is 1. The summed E-state index contributed by atoms with van der Waals surface area (Å²) in [6.45, 7) is 0.671. The number of anilines is 1. The summed E-state index contributed by atoms with van der Waals surface area (Å²) in [5.74, 6) is -1.04. The Morgan fingerprint density at radius 2 is 2.00 bits per heavy atom. The number of benzene rings is 1. The third-order valence-electron chi connectivity index (χ3n) is 5.29. The Kier molecular flexibility index (Phi) is 6.20. The van der Waals surface area contributed by atoms with Crippen molar-refractivity contribution in [3.05, 3.63) is 52.1 Å². The van der Waals surface area contributed by atoms with Crippen LogP contribution in [0.4, 0.5) is 24.5 Å². The van der Waals surface area contributed by atoms with Gasteiger partial charge >= 0.3 is 6.18 Å². The number of amides is 1. The highest BCUT2D eigenvalue weighted by Crippen LogP contribution is 2.40. The molecule has 1 aliphatic rings. The number of nitro benzene ring substituents is 1. The van der Waals surface area contributed by atoms with Crippen molar-refractivity contribution in [3.8, 4) is 0 Å². The SMILES string of the molecule is Cn1ccnc1C(O)(CCNc1ccc([N+](=O)[O-])c(C(=O)N2CCCC2)c1)C(F)(F)F. The summed E-state index contributed by atoms with van der Waals surface area (Å²) < 4.78 is 41.9. The lowest BCUT2D eigenvalue weighted by atomic mass is 9.97. The van der Waals surface area contributed by atoms with Gasteiger partial charge in [-0.05, 0) is 25.0 Å². The second-order valence-electron chi connectivity index (χ2n) is 7.38. The predicted molar refractivity (Wildman–Crippen MR) is 105 cm³/mol. The zero-order chi connectivity index (χ0) is 22.8. The van der Waals surface area contributed by atoms with Crippen molar-refractivity contribution in [3.63, 3.8) is 0 Å². The van der Waals surface area contributed by atoms with E-state index in [-0.39, 0.29) is 23.5 Å². The van der Waals surface area contributed by atoms with Crippen LogP contribution in [0.25, 0.3) is 0 Å². The van der Waals surface area contributed by atoms with Crippen LogP contribution in [0.5, 0.6) is 0 Å². The molecule has 1 aliphatic heterocycles. The zero-order valence-corrected chi connectivity index (χ0v) is 16.7. The number of rotatable bonds is 7. The van der Waals surface area contributed by atoms with E-state index < -0.39 is 34.9 Å². The molecule has 0 spiro atoms. The molecule has 0 saturated carbocycles. The number of aromatic nitrogens is 2. The summed E-state index contributed by atoms with van der Waals surface area (Å²) in [4.78, 5) is 28.5. The Balaban J connectivity index is 1.79. The number of likely N-dealkylation sites (tertiary alicyclic amines) is 1. The van der Waals surface area contributed by atoms with Gasteiger partial charge in [0.25, 0.3) is 11.6 Å². The summed E-state index contributed by atoms with van der Waals surface area (Å²) in [7, 11) is 1.35. The largest absolute Gasteiger partial charge is 0.424 e. The second kappa shape index (κ2) is 8.53. The normalized spacial score (nSPS) is 16.2. The van der Waals surface area contributed by atoms with Crippen LogP contribution in [0, 0.1) is 10.1 Å². The Bertz CT molecular complexity index is 972. The molecule has 1 saturated heterocycles. The Labute approximate surface area is 175 Å². The number of hydrogen-bond donors (Lipinski definition) is 2.